The molecule has 1 aliphatic rings. The highest BCUT2D eigenvalue weighted by Crippen LogP contribution is 2.45. The first-order valence-electron chi connectivity index (χ1n) is 7.02. The first-order chi connectivity index (χ1) is 12.2. The van der Waals surface area contributed by atoms with Crippen LogP contribution in [0.25, 0.3) is 21.5 Å². The van der Waals surface area contributed by atoms with Crippen molar-refractivity contribution in [2.24, 2.45) is 5.11 Å². The summed E-state index contributed by atoms with van der Waals surface area (Å²) in [6, 6.07) is 1.49. The topological polar surface area (TPSA) is 202 Å². The van der Waals surface area contributed by atoms with Gasteiger partial charge in [-0.2, -0.15) is 0 Å². The van der Waals surface area contributed by atoms with Crippen molar-refractivity contribution in [1.82, 2.24) is 14.5 Å². The molecule has 2 aromatic rings. The number of azide groups is 1. The zero-order valence-electron chi connectivity index (χ0n) is 12.8. The van der Waals surface area contributed by atoms with Crippen molar-refractivity contribution < 1.29 is 33.1 Å². The van der Waals surface area contributed by atoms with Crippen LogP contribution >= 0.6 is 7.82 Å². The Balaban J connectivity index is 2.00. The zero-order valence-corrected chi connectivity index (χ0v) is 13.7. The van der Waals surface area contributed by atoms with Crippen LogP contribution in [0.5, 0.6) is 0 Å². The van der Waals surface area contributed by atoms with Crippen LogP contribution in [0.15, 0.2) is 23.7 Å². The number of aromatic nitrogens is 3. The summed E-state index contributed by atoms with van der Waals surface area (Å²) in [5.41, 5.74) is 12.2. The smallest absolute Gasteiger partial charge is 0.387 e. The third-order valence-corrected chi connectivity index (χ3v) is 4.29. The minimum absolute atomic E-state index is 0.133. The van der Waals surface area contributed by atoms with Crippen LogP contribution in [0, 0.1) is 0 Å². The van der Waals surface area contributed by atoms with Gasteiger partial charge < -0.3 is 29.9 Å². The maximum atomic E-state index is 14.7. The number of phosphoric ester groups is 1. The molecule has 5 N–H and O–H groups in total. The van der Waals surface area contributed by atoms with E-state index in [1.54, 1.807) is 0 Å². The highest BCUT2D eigenvalue weighted by Gasteiger charge is 2.57. The maximum absolute atomic E-state index is 14.7. The number of phosphoric acid groups is 1. The van der Waals surface area contributed by atoms with Crippen molar-refractivity contribution >= 4 is 24.7 Å². The molecule has 4 atom stereocenters. The second-order valence-electron chi connectivity index (χ2n) is 5.42. The van der Waals surface area contributed by atoms with Gasteiger partial charge in [-0.05, 0) is 11.6 Å². The van der Waals surface area contributed by atoms with E-state index in [0.29, 0.717) is 5.39 Å². The van der Waals surface area contributed by atoms with Crippen LogP contribution in [0.4, 0.5) is 10.2 Å². The molecule has 0 unspecified atom stereocenters. The van der Waals surface area contributed by atoms with Crippen LogP contribution in [0.1, 0.15) is 6.23 Å². The fraction of sp³-hybridized carbons (Fsp3) is 0.455. The lowest BCUT2D eigenvalue weighted by molar-refractivity contribution is -0.120. The fourth-order valence-electron chi connectivity index (χ4n) is 2.64. The Labute approximate surface area is 144 Å². The van der Waals surface area contributed by atoms with Gasteiger partial charge in [0.25, 0.3) is 0 Å². The molecule has 3 heterocycles. The van der Waals surface area contributed by atoms with Crippen LogP contribution in [-0.4, -0.2) is 54.0 Å². The molecule has 0 aromatic carbocycles. The van der Waals surface area contributed by atoms with Gasteiger partial charge in [-0.25, -0.2) is 18.9 Å². The van der Waals surface area contributed by atoms with Crippen LogP contribution in [-0.2, 0) is 13.8 Å². The molecular formula is C11H13FN7O6P. The van der Waals surface area contributed by atoms with Crippen LogP contribution in [0.3, 0.4) is 0 Å². The van der Waals surface area contributed by atoms with Crippen molar-refractivity contribution in [2.75, 3.05) is 12.3 Å². The summed E-state index contributed by atoms with van der Waals surface area (Å²) in [5.74, 6) is 0.133. The van der Waals surface area contributed by atoms with Crippen molar-refractivity contribution in [3.8, 4) is 0 Å². The number of aliphatic hydroxyl groups excluding tert-OH is 1. The third kappa shape index (κ3) is 3.10. The minimum Gasteiger partial charge on any atom is -0.387 e. The average Bonchev–Trinajstić information content (AvgIpc) is 3.09. The van der Waals surface area contributed by atoms with Crippen molar-refractivity contribution in [3.05, 3.63) is 29.0 Å². The van der Waals surface area contributed by atoms with E-state index in [1.165, 1.54) is 16.8 Å². The summed E-state index contributed by atoms with van der Waals surface area (Å²) in [5, 5.41) is 13.7. The van der Waals surface area contributed by atoms with E-state index in [1.807, 2.05) is 0 Å². The van der Waals surface area contributed by atoms with E-state index in [0.717, 1.165) is 6.33 Å². The number of rotatable bonds is 5. The molecule has 1 aliphatic heterocycles. The van der Waals surface area contributed by atoms with Crippen molar-refractivity contribution in [2.45, 2.75) is 24.2 Å². The second-order valence-corrected chi connectivity index (χ2v) is 6.65. The first kappa shape index (κ1) is 18.5. The largest absolute Gasteiger partial charge is 0.469 e. The Kier molecular flexibility index (Phi) is 4.58. The lowest BCUT2D eigenvalue weighted by Crippen LogP contribution is -2.44. The van der Waals surface area contributed by atoms with Gasteiger partial charge in [0.1, 0.15) is 23.9 Å². The Morgan fingerprint density at radius 2 is 2.31 bits per heavy atom. The zero-order chi connectivity index (χ0) is 19.1. The molecule has 0 radical (unpaired) electrons. The van der Waals surface area contributed by atoms with Gasteiger partial charge in [0, 0.05) is 11.1 Å². The Morgan fingerprint density at radius 3 is 2.96 bits per heavy atom. The molecule has 1 saturated heterocycles. The third-order valence-electron chi connectivity index (χ3n) is 3.83. The lowest BCUT2D eigenvalue weighted by atomic mass is 10.1. The number of aliphatic hydroxyl groups is 1. The number of hydrogen-bond acceptors (Lipinski definition) is 8. The number of alkyl halides is 1. The number of anilines is 1. The van der Waals surface area contributed by atoms with Crippen LogP contribution in [0.2, 0.25) is 0 Å². The predicted molar refractivity (Wildman–Crippen MR) is 82.8 cm³/mol. The minimum atomic E-state index is -5.00. The molecule has 13 nitrogen and oxygen atoms in total. The van der Waals surface area contributed by atoms with Gasteiger partial charge in [-0.1, -0.05) is 5.11 Å². The summed E-state index contributed by atoms with van der Waals surface area (Å²) >= 11 is 0. The molecule has 0 amide bonds. The van der Waals surface area contributed by atoms with Crippen molar-refractivity contribution in [1.29, 1.82) is 0 Å². The quantitative estimate of drug-likeness (QED) is 0.241. The number of nitrogens with two attached hydrogens (primary N) is 1. The first-order valence-corrected chi connectivity index (χ1v) is 8.55. The summed E-state index contributed by atoms with van der Waals surface area (Å²) < 4.78 is 36.4. The molecule has 1 fully saturated rings. The molecule has 26 heavy (non-hydrogen) atoms. The van der Waals surface area contributed by atoms with Gasteiger partial charge in [-0.3, -0.25) is 4.52 Å². The molecule has 0 bridgehead atoms. The van der Waals surface area contributed by atoms with E-state index in [-0.39, 0.29) is 11.5 Å². The summed E-state index contributed by atoms with van der Waals surface area (Å²) in [6.07, 6.45) is -3.21. The maximum Gasteiger partial charge on any atom is 0.469 e. The molecular weight excluding hydrogens is 376 g/mol. The molecule has 0 spiro atoms. The number of ether oxygens (including phenoxy) is 1. The van der Waals surface area contributed by atoms with Gasteiger partial charge in [-0.15, -0.1) is 0 Å². The summed E-state index contributed by atoms with van der Waals surface area (Å²) in [6.45, 7) is -1.07. The van der Waals surface area contributed by atoms with E-state index < -0.39 is 38.7 Å². The fourth-order valence-corrected chi connectivity index (χ4v) is 2.99. The van der Waals surface area contributed by atoms with E-state index in [9.17, 15) is 14.1 Å². The van der Waals surface area contributed by atoms with Gasteiger partial charge >= 0.3 is 7.82 Å². The molecule has 0 saturated carbocycles. The normalized spacial score (nSPS) is 29.0. The van der Waals surface area contributed by atoms with Crippen LogP contribution < -0.4 is 5.73 Å². The number of nitrogens with zero attached hydrogens (tertiary/aromatic N) is 6. The molecule has 0 aliphatic carbocycles. The SMILES string of the molecule is [N-]=[N+]=N[C@]1(COP(=O)(O)O)O[C@@H](n2ccc3c(N)ncnc32)[C@@H](F)[C@@H]1O. The van der Waals surface area contributed by atoms with Gasteiger partial charge in [0.15, 0.2) is 12.4 Å². The summed E-state index contributed by atoms with van der Waals surface area (Å²) in [4.78, 5) is 27.9. The van der Waals surface area contributed by atoms with E-state index in [4.69, 9.17) is 25.8 Å². The van der Waals surface area contributed by atoms with E-state index >= 15 is 0 Å². The number of nitrogen functional groups attached to an aromatic ring is 1. The Morgan fingerprint density at radius 1 is 1.58 bits per heavy atom. The highest BCUT2D eigenvalue weighted by molar-refractivity contribution is 7.46. The van der Waals surface area contributed by atoms with Gasteiger partial charge in [0.2, 0.25) is 5.72 Å². The molecule has 2 aromatic heterocycles. The molecule has 15 heteroatoms. The number of hydrogen-bond donors (Lipinski definition) is 4. The van der Waals surface area contributed by atoms with Crippen molar-refractivity contribution in [3.63, 3.8) is 0 Å². The lowest BCUT2D eigenvalue weighted by Gasteiger charge is -2.26. The number of halogens is 1. The Hall–Kier alpha value is -2.31. The molecule has 140 valence electrons. The average molecular weight is 389 g/mol. The molecule has 3 rings (SSSR count). The monoisotopic (exact) mass is 389 g/mol. The summed E-state index contributed by atoms with van der Waals surface area (Å²) in [7, 11) is -5.00. The second kappa shape index (κ2) is 6.45. The Bertz CT molecular complexity index is 929. The number of fused-ring (bicyclic) bond motifs is 1. The predicted octanol–water partition coefficient (Wildman–Crippen LogP) is 0.357. The standard InChI is InChI=1S/C11H13FN7O6P/c12-6-7(20)11(17-18-14,3-24-26(21,22)23)25-10(6)19-2-1-5-8(13)15-4-16-9(5)19/h1-2,4,6-7,10,20H,3H2,(H2,13,15,16)(H2,21,22,23)/t6-,7-,10+,11+/m0/s1. The van der Waals surface area contributed by atoms with E-state index in [2.05, 4.69) is 24.5 Å². The van der Waals surface area contributed by atoms with Gasteiger partial charge in [0.05, 0.1) is 12.0 Å². The highest BCUT2D eigenvalue weighted by atomic mass is 31.2.